The molecule has 1 unspecified atom stereocenters. The molecule has 0 radical (unpaired) electrons. The molecular weight excluding hydrogens is 284 g/mol. The molecule has 3 aromatic heterocycles. The molecule has 0 amide bonds. The first-order chi connectivity index (χ1) is 9.13. The predicted molar refractivity (Wildman–Crippen MR) is 77.5 cm³/mol. The van der Waals surface area contributed by atoms with E-state index in [1.54, 1.807) is 6.07 Å². The highest BCUT2D eigenvalue weighted by atomic mass is 35.5. The molecule has 6 nitrogen and oxygen atoms in total. The number of rotatable bonds is 3. The maximum atomic E-state index is 6.19. The van der Waals surface area contributed by atoms with E-state index in [2.05, 4.69) is 25.5 Å². The Morgan fingerprint density at radius 1 is 1.47 bits per heavy atom. The standard InChI is InChI=1S/C11H11ClN6S/c1-5(10-17-18-11(13)19-10)15-8-4-7(12)6-2-3-14-9(6)16-8/h2-5H,1H3,(H2,13,18)(H2,14,15,16). The van der Waals surface area contributed by atoms with Crippen molar-refractivity contribution in [1.29, 1.82) is 0 Å². The van der Waals surface area contributed by atoms with Gasteiger partial charge in [-0.2, -0.15) is 0 Å². The molecule has 0 aliphatic heterocycles. The largest absolute Gasteiger partial charge is 0.374 e. The minimum Gasteiger partial charge on any atom is -0.374 e. The summed E-state index contributed by atoms with van der Waals surface area (Å²) in [5.74, 6) is 0.682. The second kappa shape index (κ2) is 4.67. The lowest BCUT2D eigenvalue weighted by Gasteiger charge is -2.11. The molecule has 3 rings (SSSR count). The van der Waals surface area contributed by atoms with E-state index in [9.17, 15) is 0 Å². The number of H-pyrrole nitrogens is 1. The second-order valence-corrected chi connectivity index (χ2v) is 5.52. The second-order valence-electron chi connectivity index (χ2n) is 4.07. The molecule has 0 saturated carbocycles. The van der Waals surface area contributed by atoms with Crippen molar-refractivity contribution in [2.75, 3.05) is 11.1 Å². The lowest BCUT2D eigenvalue weighted by atomic mass is 10.3. The Labute approximate surface area is 118 Å². The summed E-state index contributed by atoms with van der Waals surface area (Å²) in [5.41, 5.74) is 6.32. The first kappa shape index (κ1) is 12.2. The molecule has 19 heavy (non-hydrogen) atoms. The van der Waals surface area contributed by atoms with Crippen LogP contribution in [0.25, 0.3) is 11.0 Å². The number of hydrogen-bond acceptors (Lipinski definition) is 6. The monoisotopic (exact) mass is 294 g/mol. The first-order valence-electron chi connectivity index (χ1n) is 5.62. The minimum absolute atomic E-state index is 0.0363. The van der Waals surface area contributed by atoms with Gasteiger partial charge < -0.3 is 16.0 Å². The van der Waals surface area contributed by atoms with Gasteiger partial charge in [-0.25, -0.2) is 4.98 Å². The number of halogens is 1. The summed E-state index contributed by atoms with van der Waals surface area (Å²) in [4.78, 5) is 7.48. The number of nitrogen functional groups attached to an aromatic ring is 1. The molecule has 0 saturated heterocycles. The van der Waals surface area contributed by atoms with Gasteiger partial charge in [-0.15, -0.1) is 10.2 Å². The third kappa shape index (κ3) is 2.34. The van der Waals surface area contributed by atoms with E-state index < -0.39 is 0 Å². The molecule has 3 heterocycles. The molecule has 8 heteroatoms. The van der Waals surface area contributed by atoms with Gasteiger partial charge in [0.15, 0.2) is 0 Å². The molecule has 98 valence electrons. The Hall–Kier alpha value is -1.86. The van der Waals surface area contributed by atoms with Crippen molar-refractivity contribution < 1.29 is 0 Å². The topological polar surface area (TPSA) is 92.5 Å². The fraction of sp³-hybridized carbons (Fsp3) is 0.182. The summed E-state index contributed by atoms with van der Waals surface area (Å²) in [5, 5.41) is 13.8. The van der Waals surface area contributed by atoms with Gasteiger partial charge in [-0.1, -0.05) is 22.9 Å². The van der Waals surface area contributed by atoms with Crippen LogP contribution in [0.4, 0.5) is 10.9 Å². The molecule has 0 aliphatic carbocycles. The van der Waals surface area contributed by atoms with Crippen LogP contribution in [0.15, 0.2) is 18.3 Å². The maximum Gasteiger partial charge on any atom is 0.203 e. The summed E-state index contributed by atoms with van der Waals surface area (Å²) < 4.78 is 0. The normalized spacial score (nSPS) is 12.7. The Kier molecular flexibility index (Phi) is 3.00. The summed E-state index contributed by atoms with van der Waals surface area (Å²) in [6.45, 7) is 1.97. The van der Waals surface area contributed by atoms with E-state index >= 15 is 0 Å². The number of pyridine rings is 1. The summed E-state index contributed by atoms with van der Waals surface area (Å²) in [7, 11) is 0. The van der Waals surface area contributed by atoms with Crippen LogP contribution in [0.3, 0.4) is 0 Å². The van der Waals surface area contributed by atoms with Crippen LogP contribution in [-0.4, -0.2) is 20.2 Å². The molecule has 0 spiro atoms. The SMILES string of the molecule is CC(Nc1cc(Cl)c2cc[nH]c2n1)c1nnc(N)s1. The van der Waals surface area contributed by atoms with Crippen LogP contribution in [0.2, 0.25) is 5.02 Å². The zero-order valence-corrected chi connectivity index (χ0v) is 11.6. The third-order valence-electron chi connectivity index (χ3n) is 2.67. The molecule has 0 aromatic carbocycles. The lowest BCUT2D eigenvalue weighted by molar-refractivity contribution is 0.835. The van der Waals surface area contributed by atoms with Gasteiger partial charge >= 0.3 is 0 Å². The molecular formula is C11H11ClN6S. The number of aromatic nitrogens is 4. The van der Waals surface area contributed by atoms with Crippen LogP contribution in [0, 0.1) is 0 Å². The number of nitrogens with one attached hydrogen (secondary N) is 2. The van der Waals surface area contributed by atoms with Crippen LogP contribution >= 0.6 is 22.9 Å². The molecule has 4 N–H and O–H groups in total. The smallest absolute Gasteiger partial charge is 0.203 e. The van der Waals surface area contributed by atoms with Gasteiger partial charge in [0.25, 0.3) is 0 Å². The number of nitrogens with zero attached hydrogens (tertiary/aromatic N) is 3. The number of hydrogen-bond donors (Lipinski definition) is 3. The molecule has 0 fully saturated rings. The highest BCUT2D eigenvalue weighted by molar-refractivity contribution is 7.15. The van der Waals surface area contributed by atoms with Crippen LogP contribution in [0.5, 0.6) is 0 Å². The number of nitrogens with two attached hydrogens (primary N) is 1. The van der Waals surface area contributed by atoms with E-state index in [0.717, 1.165) is 16.0 Å². The van der Waals surface area contributed by atoms with Crippen LogP contribution in [0.1, 0.15) is 18.0 Å². The van der Waals surface area contributed by atoms with Gasteiger partial charge in [0.2, 0.25) is 5.13 Å². The van der Waals surface area contributed by atoms with E-state index in [1.807, 2.05) is 19.2 Å². The molecule has 0 aliphatic rings. The van der Waals surface area contributed by atoms with Crippen molar-refractivity contribution >= 4 is 44.9 Å². The van der Waals surface area contributed by atoms with Crippen molar-refractivity contribution in [3.8, 4) is 0 Å². The predicted octanol–water partition coefficient (Wildman–Crippen LogP) is 2.82. The Bertz CT molecular complexity index is 721. The van der Waals surface area contributed by atoms with E-state index in [-0.39, 0.29) is 6.04 Å². The van der Waals surface area contributed by atoms with E-state index in [4.69, 9.17) is 17.3 Å². The highest BCUT2D eigenvalue weighted by Crippen LogP contribution is 2.27. The van der Waals surface area contributed by atoms with Crippen molar-refractivity contribution in [3.05, 3.63) is 28.4 Å². The van der Waals surface area contributed by atoms with Crippen molar-refractivity contribution in [2.24, 2.45) is 0 Å². The van der Waals surface area contributed by atoms with Gasteiger partial charge in [0.1, 0.15) is 16.5 Å². The van der Waals surface area contributed by atoms with Gasteiger partial charge in [-0.05, 0) is 19.1 Å². The highest BCUT2D eigenvalue weighted by Gasteiger charge is 2.13. The Morgan fingerprint density at radius 3 is 3.05 bits per heavy atom. The summed E-state index contributed by atoms with van der Waals surface area (Å²) >= 11 is 7.54. The van der Waals surface area contributed by atoms with Crippen molar-refractivity contribution in [3.63, 3.8) is 0 Å². The van der Waals surface area contributed by atoms with Crippen molar-refractivity contribution in [1.82, 2.24) is 20.2 Å². The average molecular weight is 295 g/mol. The van der Waals surface area contributed by atoms with Crippen LogP contribution < -0.4 is 11.1 Å². The molecule has 3 aromatic rings. The van der Waals surface area contributed by atoms with E-state index in [1.165, 1.54) is 11.3 Å². The lowest BCUT2D eigenvalue weighted by Crippen LogP contribution is -2.07. The van der Waals surface area contributed by atoms with E-state index in [0.29, 0.717) is 16.0 Å². The summed E-state index contributed by atoms with van der Waals surface area (Å²) in [6, 6.07) is 3.65. The fourth-order valence-electron chi connectivity index (χ4n) is 1.78. The van der Waals surface area contributed by atoms with Gasteiger partial charge in [0, 0.05) is 11.6 Å². The van der Waals surface area contributed by atoms with Crippen LogP contribution in [-0.2, 0) is 0 Å². The van der Waals surface area contributed by atoms with Gasteiger partial charge in [-0.3, -0.25) is 0 Å². The third-order valence-corrected chi connectivity index (χ3v) is 3.92. The quantitative estimate of drug-likeness (QED) is 0.691. The Morgan fingerprint density at radius 2 is 2.32 bits per heavy atom. The number of aromatic amines is 1. The average Bonchev–Trinajstić information content (AvgIpc) is 2.97. The zero-order valence-electron chi connectivity index (χ0n) is 10.0. The minimum atomic E-state index is -0.0363. The summed E-state index contributed by atoms with van der Waals surface area (Å²) in [6.07, 6.45) is 1.81. The fourth-order valence-corrected chi connectivity index (χ4v) is 2.64. The Balaban J connectivity index is 1.88. The maximum absolute atomic E-state index is 6.19. The zero-order chi connectivity index (χ0) is 13.4. The number of fused-ring (bicyclic) bond motifs is 1. The molecule has 0 bridgehead atoms. The molecule has 1 atom stereocenters. The van der Waals surface area contributed by atoms with Gasteiger partial charge in [0.05, 0.1) is 11.1 Å². The van der Waals surface area contributed by atoms with Crippen molar-refractivity contribution in [2.45, 2.75) is 13.0 Å². The first-order valence-corrected chi connectivity index (χ1v) is 6.82. The number of anilines is 2.